The topological polar surface area (TPSA) is 62.6 Å². The van der Waals surface area contributed by atoms with Crippen molar-refractivity contribution in [2.75, 3.05) is 16.8 Å². The molecule has 2 amide bonds. The number of hydrogen-bond donors (Lipinski definition) is 1. The predicted octanol–water partition coefficient (Wildman–Crippen LogP) is 5.54. The van der Waals surface area contributed by atoms with Crippen molar-refractivity contribution in [1.82, 2.24) is 0 Å². The van der Waals surface area contributed by atoms with Crippen LogP contribution in [0, 0.1) is 0 Å². The van der Waals surface area contributed by atoms with E-state index in [0.717, 1.165) is 17.5 Å². The number of hydrogen-bond acceptors (Lipinski definition) is 3. The molecule has 1 aliphatic heterocycles. The number of para-hydroxylation sites is 1. The highest BCUT2D eigenvalue weighted by molar-refractivity contribution is 6.31. The lowest BCUT2D eigenvalue weighted by Gasteiger charge is -2.17. The van der Waals surface area contributed by atoms with Gasteiger partial charge in [-0.2, -0.15) is 0 Å². The third-order valence-corrected chi connectivity index (χ3v) is 5.46. The zero-order valence-corrected chi connectivity index (χ0v) is 16.6. The maximum absolute atomic E-state index is 12.9. The summed E-state index contributed by atoms with van der Waals surface area (Å²) in [5, 5.41) is 4.14. The molecule has 1 aliphatic rings. The lowest BCUT2D eigenvalue weighted by molar-refractivity contribution is 0.0986. The van der Waals surface area contributed by atoms with Crippen LogP contribution in [0.3, 0.4) is 0 Å². The van der Waals surface area contributed by atoms with Gasteiger partial charge in [-0.15, -0.1) is 0 Å². The van der Waals surface area contributed by atoms with Gasteiger partial charge in [0.05, 0.1) is 0 Å². The Hall–Kier alpha value is -3.57. The summed E-state index contributed by atoms with van der Waals surface area (Å²) in [4.78, 5) is 27.2. The van der Waals surface area contributed by atoms with Gasteiger partial charge >= 0.3 is 0 Å². The Balaban J connectivity index is 1.31. The average Bonchev–Trinajstić information content (AvgIpc) is 3.38. The summed E-state index contributed by atoms with van der Waals surface area (Å²) in [5.41, 5.74) is 3.89. The van der Waals surface area contributed by atoms with Crippen molar-refractivity contribution in [1.29, 1.82) is 0 Å². The van der Waals surface area contributed by atoms with Crippen LogP contribution in [0.1, 0.15) is 26.5 Å². The lowest BCUT2D eigenvalue weighted by Crippen LogP contribution is -2.28. The predicted molar refractivity (Wildman–Crippen MR) is 117 cm³/mol. The van der Waals surface area contributed by atoms with Crippen molar-refractivity contribution in [2.24, 2.45) is 0 Å². The summed E-state index contributed by atoms with van der Waals surface area (Å²) in [6.45, 7) is 0.673. The van der Waals surface area contributed by atoms with Crippen molar-refractivity contribution in [3.63, 3.8) is 0 Å². The van der Waals surface area contributed by atoms with Crippen molar-refractivity contribution < 1.29 is 14.0 Å². The van der Waals surface area contributed by atoms with E-state index in [4.69, 9.17) is 16.0 Å². The summed E-state index contributed by atoms with van der Waals surface area (Å²) in [6, 6.07) is 21.6. The summed E-state index contributed by atoms with van der Waals surface area (Å²) in [5.74, 6) is -0.219. The van der Waals surface area contributed by atoms with Crippen LogP contribution in [0.5, 0.6) is 0 Å². The molecule has 30 heavy (non-hydrogen) atoms. The molecule has 0 atom stereocenters. The summed E-state index contributed by atoms with van der Waals surface area (Å²) < 4.78 is 5.59. The molecular weight excluding hydrogens is 400 g/mol. The highest BCUT2D eigenvalue weighted by Crippen LogP contribution is 2.29. The van der Waals surface area contributed by atoms with E-state index in [-0.39, 0.29) is 17.6 Å². The number of rotatable bonds is 3. The minimum Gasteiger partial charge on any atom is -0.451 e. The normalized spacial score (nSPS) is 12.8. The van der Waals surface area contributed by atoms with Gasteiger partial charge in [-0.25, -0.2) is 0 Å². The third kappa shape index (κ3) is 3.33. The monoisotopic (exact) mass is 416 g/mol. The molecule has 6 heteroatoms. The Morgan fingerprint density at radius 2 is 1.77 bits per heavy atom. The number of furan rings is 1. The Morgan fingerprint density at radius 1 is 0.967 bits per heavy atom. The first-order valence-corrected chi connectivity index (χ1v) is 9.96. The van der Waals surface area contributed by atoms with Gasteiger partial charge in [0.1, 0.15) is 5.58 Å². The van der Waals surface area contributed by atoms with Gasteiger partial charge in [0.2, 0.25) is 0 Å². The molecule has 1 N–H and O–H groups in total. The van der Waals surface area contributed by atoms with Crippen molar-refractivity contribution in [3.8, 4) is 0 Å². The van der Waals surface area contributed by atoms with Crippen LogP contribution < -0.4 is 10.2 Å². The molecule has 1 aromatic heterocycles. The number of fused-ring (bicyclic) bond motifs is 2. The zero-order chi connectivity index (χ0) is 20.7. The van der Waals surface area contributed by atoms with Crippen LogP contribution in [-0.2, 0) is 6.42 Å². The van der Waals surface area contributed by atoms with Gasteiger partial charge in [0.25, 0.3) is 11.8 Å². The number of halogens is 1. The maximum atomic E-state index is 12.9. The van der Waals surface area contributed by atoms with E-state index in [1.54, 1.807) is 53.4 Å². The van der Waals surface area contributed by atoms with Gasteiger partial charge in [-0.3, -0.25) is 9.59 Å². The molecule has 0 spiro atoms. The van der Waals surface area contributed by atoms with Crippen LogP contribution in [-0.4, -0.2) is 18.4 Å². The molecule has 3 aromatic carbocycles. The van der Waals surface area contributed by atoms with Gasteiger partial charge in [-0.1, -0.05) is 29.8 Å². The molecule has 2 heterocycles. The second-order valence-electron chi connectivity index (χ2n) is 7.16. The molecule has 0 saturated heterocycles. The molecule has 148 valence electrons. The molecule has 0 fully saturated rings. The second kappa shape index (κ2) is 7.35. The van der Waals surface area contributed by atoms with Crippen LogP contribution in [0.4, 0.5) is 11.4 Å². The van der Waals surface area contributed by atoms with Gasteiger partial charge < -0.3 is 14.6 Å². The largest absolute Gasteiger partial charge is 0.451 e. The fourth-order valence-electron chi connectivity index (χ4n) is 3.72. The number of benzene rings is 3. The van der Waals surface area contributed by atoms with E-state index in [1.807, 2.05) is 24.3 Å². The SMILES string of the molecule is O=C(Nc1ccc(C(=O)N2CCc3ccccc32)cc1)c1cc2cc(Cl)ccc2o1. The fraction of sp³-hybridized carbons (Fsp3) is 0.0833. The molecule has 5 rings (SSSR count). The van der Waals surface area contributed by atoms with Crippen molar-refractivity contribution in [2.45, 2.75) is 6.42 Å². The van der Waals surface area contributed by atoms with Crippen molar-refractivity contribution in [3.05, 3.63) is 94.7 Å². The third-order valence-electron chi connectivity index (χ3n) is 5.22. The highest BCUT2D eigenvalue weighted by atomic mass is 35.5. The Kier molecular flexibility index (Phi) is 4.52. The molecule has 4 aromatic rings. The number of amides is 2. The average molecular weight is 417 g/mol. The number of carbonyl (C=O) groups excluding carboxylic acids is 2. The molecule has 0 saturated carbocycles. The quantitative estimate of drug-likeness (QED) is 0.476. The standard InChI is InChI=1S/C24H17ClN2O3/c25-18-7-10-21-17(13-18)14-22(30-21)23(28)26-19-8-5-16(6-9-19)24(29)27-12-11-15-3-1-2-4-20(15)27/h1-10,13-14H,11-12H2,(H,26,28). The zero-order valence-electron chi connectivity index (χ0n) is 15.9. The summed E-state index contributed by atoms with van der Waals surface area (Å²) in [6.07, 6.45) is 0.860. The van der Waals surface area contributed by atoms with E-state index < -0.39 is 0 Å². The Labute approximate surface area is 177 Å². The van der Waals surface area contributed by atoms with Crippen LogP contribution in [0.25, 0.3) is 11.0 Å². The molecule has 0 aliphatic carbocycles. The lowest BCUT2D eigenvalue weighted by atomic mass is 10.1. The van der Waals surface area contributed by atoms with E-state index in [9.17, 15) is 9.59 Å². The first-order chi connectivity index (χ1) is 14.6. The van der Waals surface area contributed by atoms with Crippen molar-refractivity contribution >= 4 is 45.8 Å². The Morgan fingerprint density at radius 3 is 2.60 bits per heavy atom. The van der Waals surface area contributed by atoms with E-state index in [0.29, 0.717) is 28.4 Å². The first-order valence-electron chi connectivity index (χ1n) is 9.59. The van der Waals surface area contributed by atoms with Gasteiger partial charge in [0.15, 0.2) is 5.76 Å². The van der Waals surface area contributed by atoms with E-state index in [1.165, 1.54) is 5.56 Å². The van der Waals surface area contributed by atoms with Crippen LogP contribution in [0.15, 0.2) is 77.2 Å². The minimum absolute atomic E-state index is 0.0491. The molecular formula is C24H17ClN2O3. The number of nitrogens with one attached hydrogen (secondary N) is 1. The molecule has 0 unspecified atom stereocenters. The smallest absolute Gasteiger partial charge is 0.291 e. The summed E-state index contributed by atoms with van der Waals surface area (Å²) in [7, 11) is 0. The summed E-state index contributed by atoms with van der Waals surface area (Å²) >= 11 is 5.98. The first kappa shape index (κ1) is 18.5. The van der Waals surface area contributed by atoms with Crippen LogP contribution >= 0.6 is 11.6 Å². The molecule has 0 bridgehead atoms. The Bertz CT molecular complexity index is 1280. The van der Waals surface area contributed by atoms with E-state index >= 15 is 0 Å². The van der Waals surface area contributed by atoms with Crippen LogP contribution in [0.2, 0.25) is 5.02 Å². The fourth-order valence-corrected chi connectivity index (χ4v) is 3.90. The number of anilines is 2. The van der Waals surface area contributed by atoms with Gasteiger partial charge in [0, 0.05) is 33.9 Å². The minimum atomic E-state index is -0.366. The highest BCUT2D eigenvalue weighted by Gasteiger charge is 2.25. The maximum Gasteiger partial charge on any atom is 0.291 e. The van der Waals surface area contributed by atoms with E-state index in [2.05, 4.69) is 5.32 Å². The second-order valence-corrected chi connectivity index (χ2v) is 7.60. The molecule has 0 radical (unpaired) electrons. The van der Waals surface area contributed by atoms with Gasteiger partial charge in [-0.05, 0) is 66.6 Å². The molecule has 5 nitrogen and oxygen atoms in total. The number of nitrogens with zero attached hydrogens (tertiary/aromatic N) is 1. The number of carbonyl (C=O) groups is 2.